The SMILES string of the molecule is CC(C)(C)NC(=S)Nc1ccc(OC(=O)N2CCN(c3ccc(CC(=O)O)cn3)CC2)nc1. The van der Waals surface area contributed by atoms with E-state index in [1.54, 1.807) is 41.6 Å². The van der Waals surface area contributed by atoms with Crippen LogP contribution in [0.15, 0.2) is 36.7 Å². The van der Waals surface area contributed by atoms with Crippen molar-refractivity contribution in [2.24, 2.45) is 0 Å². The van der Waals surface area contributed by atoms with Crippen molar-refractivity contribution < 1.29 is 19.4 Å². The predicted molar refractivity (Wildman–Crippen MR) is 129 cm³/mol. The molecule has 0 aromatic carbocycles. The lowest BCUT2D eigenvalue weighted by molar-refractivity contribution is -0.136. The fourth-order valence-electron chi connectivity index (χ4n) is 3.17. The molecule has 176 valence electrons. The summed E-state index contributed by atoms with van der Waals surface area (Å²) in [5.74, 6) is 0.0669. The summed E-state index contributed by atoms with van der Waals surface area (Å²) in [6.45, 7) is 8.17. The molecule has 0 aliphatic carbocycles. The van der Waals surface area contributed by atoms with E-state index < -0.39 is 12.1 Å². The first-order valence-corrected chi connectivity index (χ1v) is 10.9. The number of anilines is 2. The van der Waals surface area contributed by atoms with Gasteiger partial charge in [-0.2, -0.15) is 0 Å². The molecule has 11 heteroatoms. The molecule has 1 aliphatic rings. The molecule has 10 nitrogen and oxygen atoms in total. The summed E-state index contributed by atoms with van der Waals surface area (Å²) in [7, 11) is 0. The molecule has 3 N–H and O–H groups in total. The second-order valence-corrected chi connectivity index (χ2v) is 9.06. The summed E-state index contributed by atoms with van der Waals surface area (Å²) in [5.41, 5.74) is 1.18. The molecule has 0 bridgehead atoms. The zero-order valence-corrected chi connectivity index (χ0v) is 19.7. The Kier molecular flexibility index (Phi) is 7.64. The zero-order chi connectivity index (χ0) is 24.0. The number of nitrogens with one attached hydrogen (secondary N) is 2. The monoisotopic (exact) mass is 472 g/mol. The smallest absolute Gasteiger partial charge is 0.416 e. The minimum atomic E-state index is -0.891. The van der Waals surface area contributed by atoms with Crippen molar-refractivity contribution in [3.63, 3.8) is 0 Å². The first-order chi connectivity index (χ1) is 15.6. The van der Waals surface area contributed by atoms with Crippen molar-refractivity contribution >= 4 is 40.9 Å². The van der Waals surface area contributed by atoms with E-state index in [2.05, 4.69) is 20.6 Å². The van der Waals surface area contributed by atoms with Gasteiger partial charge in [-0.15, -0.1) is 0 Å². The Balaban J connectivity index is 1.47. The van der Waals surface area contributed by atoms with Gasteiger partial charge in [-0.05, 0) is 50.7 Å². The highest BCUT2D eigenvalue weighted by Gasteiger charge is 2.23. The molecular weight excluding hydrogens is 444 g/mol. The number of hydrogen-bond acceptors (Lipinski definition) is 7. The van der Waals surface area contributed by atoms with E-state index in [0.717, 1.165) is 5.82 Å². The number of aromatic nitrogens is 2. The van der Waals surface area contributed by atoms with Gasteiger partial charge in [0.2, 0.25) is 5.88 Å². The van der Waals surface area contributed by atoms with E-state index in [1.165, 1.54) is 0 Å². The Bertz CT molecular complexity index is 983. The number of ether oxygens (including phenoxy) is 1. The minimum absolute atomic E-state index is 0.0571. The number of carboxylic acids is 1. The third-order valence-corrected chi connectivity index (χ3v) is 4.91. The standard InChI is InChI=1S/C22H28N6O4S/c1-22(2,3)26-20(33)25-16-5-7-18(24-14-16)32-21(31)28-10-8-27(9-11-28)17-6-4-15(13-23-17)12-19(29)30/h4-7,13-14H,8-12H2,1-3H3,(H,29,30)(H2,25,26,33). The molecule has 3 rings (SSSR count). The molecule has 1 fully saturated rings. The Morgan fingerprint density at radius 3 is 2.36 bits per heavy atom. The predicted octanol–water partition coefficient (Wildman–Crippen LogP) is 2.51. The van der Waals surface area contributed by atoms with Crippen molar-refractivity contribution in [1.29, 1.82) is 0 Å². The van der Waals surface area contributed by atoms with E-state index in [4.69, 9.17) is 22.1 Å². The molecule has 2 aromatic heterocycles. The molecule has 0 unspecified atom stereocenters. The lowest BCUT2D eigenvalue weighted by Crippen LogP contribution is -2.49. The van der Waals surface area contributed by atoms with E-state index in [9.17, 15) is 9.59 Å². The molecule has 1 amide bonds. The molecule has 0 spiro atoms. The zero-order valence-electron chi connectivity index (χ0n) is 18.9. The van der Waals surface area contributed by atoms with Gasteiger partial charge in [-0.1, -0.05) is 6.07 Å². The Hall–Kier alpha value is -3.47. The molecule has 2 aromatic rings. The first kappa shape index (κ1) is 24.2. The van der Waals surface area contributed by atoms with Crippen molar-refractivity contribution in [3.05, 3.63) is 42.2 Å². The van der Waals surface area contributed by atoms with Crippen molar-refractivity contribution in [1.82, 2.24) is 20.2 Å². The van der Waals surface area contributed by atoms with Crippen LogP contribution in [0.4, 0.5) is 16.3 Å². The number of thiocarbonyl (C=S) groups is 1. The van der Waals surface area contributed by atoms with Gasteiger partial charge in [0.15, 0.2) is 5.11 Å². The van der Waals surface area contributed by atoms with E-state index >= 15 is 0 Å². The van der Waals surface area contributed by atoms with Crippen molar-refractivity contribution in [2.75, 3.05) is 36.4 Å². The molecule has 33 heavy (non-hydrogen) atoms. The van der Waals surface area contributed by atoms with Gasteiger partial charge in [-0.25, -0.2) is 14.8 Å². The molecule has 3 heterocycles. The maximum absolute atomic E-state index is 12.5. The van der Waals surface area contributed by atoms with Crippen LogP contribution in [0.5, 0.6) is 5.88 Å². The van der Waals surface area contributed by atoms with Crippen LogP contribution in [0.3, 0.4) is 0 Å². The minimum Gasteiger partial charge on any atom is -0.481 e. The summed E-state index contributed by atoms with van der Waals surface area (Å²) in [4.78, 5) is 35.5. The third kappa shape index (κ3) is 7.56. The molecule has 1 saturated heterocycles. The van der Waals surface area contributed by atoms with E-state index in [1.807, 2.05) is 25.7 Å². The summed E-state index contributed by atoms with van der Waals surface area (Å²) in [5, 5.41) is 15.5. The van der Waals surface area contributed by atoms with Crippen LogP contribution in [0, 0.1) is 0 Å². The summed E-state index contributed by atoms with van der Waals surface area (Å²) in [6, 6.07) is 6.91. The summed E-state index contributed by atoms with van der Waals surface area (Å²) in [6.07, 6.45) is 2.60. The van der Waals surface area contributed by atoms with Gasteiger partial charge in [-0.3, -0.25) is 4.79 Å². The number of pyridine rings is 2. The second kappa shape index (κ2) is 10.4. The van der Waals surface area contributed by atoms with Crippen LogP contribution in [0.25, 0.3) is 0 Å². The number of carbonyl (C=O) groups excluding carboxylic acids is 1. The lowest BCUT2D eigenvalue weighted by atomic mass is 10.1. The summed E-state index contributed by atoms with van der Waals surface area (Å²) < 4.78 is 5.40. The second-order valence-electron chi connectivity index (χ2n) is 8.65. The Morgan fingerprint density at radius 1 is 1.09 bits per heavy atom. The van der Waals surface area contributed by atoms with Crippen LogP contribution >= 0.6 is 12.2 Å². The van der Waals surface area contributed by atoms with Crippen LogP contribution < -0.4 is 20.3 Å². The van der Waals surface area contributed by atoms with Gasteiger partial charge >= 0.3 is 12.1 Å². The largest absolute Gasteiger partial charge is 0.481 e. The van der Waals surface area contributed by atoms with Crippen LogP contribution in [0.2, 0.25) is 0 Å². The van der Waals surface area contributed by atoms with Crippen LogP contribution in [-0.2, 0) is 11.2 Å². The number of aliphatic carboxylic acids is 1. The fourth-order valence-corrected chi connectivity index (χ4v) is 3.60. The maximum Gasteiger partial charge on any atom is 0.416 e. The van der Waals surface area contributed by atoms with Gasteiger partial charge < -0.3 is 30.3 Å². The number of nitrogens with zero attached hydrogens (tertiary/aromatic N) is 4. The quantitative estimate of drug-likeness (QED) is 0.560. The number of carbonyl (C=O) groups is 2. The van der Waals surface area contributed by atoms with Crippen LogP contribution in [-0.4, -0.2) is 68.9 Å². The van der Waals surface area contributed by atoms with Crippen molar-refractivity contribution in [3.8, 4) is 5.88 Å². The van der Waals surface area contributed by atoms with Crippen molar-refractivity contribution in [2.45, 2.75) is 32.7 Å². The number of rotatable bonds is 5. The number of hydrogen-bond donors (Lipinski definition) is 3. The maximum atomic E-state index is 12.5. The van der Waals surface area contributed by atoms with Gasteiger partial charge in [0.1, 0.15) is 5.82 Å². The highest BCUT2D eigenvalue weighted by molar-refractivity contribution is 7.80. The summed E-state index contributed by atoms with van der Waals surface area (Å²) >= 11 is 5.27. The van der Waals surface area contributed by atoms with Gasteiger partial charge in [0.25, 0.3) is 0 Å². The topological polar surface area (TPSA) is 120 Å². The Labute approximate surface area is 198 Å². The molecular formula is C22H28N6O4S. The lowest BCUT2D eigenvalue weighted by Gasteiger charge is -2.34. The number of carboxylic acid groups (broad SMARTS) is 1. The number of piperazine rings is 1. The molecule has 0 atom stereocenters. The molecule has 0 radical (unpaired) electrons. The van der Waals surface area contributed by atoms with E-state index in [-0.39, 0.29) is 17.8 Å². The highest BCUT2D eigenvalue weighted by atomic mass is 32.1. The van der Waals surface area contributed by atoms with Gasteiger partial charge in [0, 0.05) is 44.0 Å². The van der Waals surface area contributed by atoms with Gasteiger partial charge in [0.05, 0.1) is 18.3 Å². The molecule has 0 saturated carbocycles. The third-order valence-electron chi connectivity index (χ3n) is 4.70. The molecule has 1 aliphatic heterocycles. The Morgan fingerprint density at radius 2 is 1.82 bits per heavy atom. The fraction of sp³-hybridized carbons (Fsp3) is 0.409. The average Bonchev–Trinajstić information content (AvgIpc) is 2.74. The average molecular weight is 473 g/mol. The first-order valence-electron chi connectivity index (χ1n) is 10.5. The number of amides is 1. The van der Waals surface area contributed by atoms with Crippen LogP contribution in [0.1, 0.15) is 26.3 Å². The van der Waals surface area contributed by atoms with E-state index in [0.29, 0.717) is 42.5 Å². The normalized spacial score (nSPS) is 13.9. The highest BCUT2D eigenvalue weighted by Crippen LogP contribution is 2.17.